The van der Waals surface area contributed by atoms with Gasteiger partial charge in [0.1, 0.15) is 0 Å². The smallest absolute Gasteiger partial charge is 0.226 e. The Labute approximate surface area is 222 Å². The number of hydrogen-bond acceptors (Lipinski definition) is 4. The van der Waals surface area contributed by atoms with Gasteiger partial charge >= 0.3 is 0 Å². The van der Waals surface area contributed by atoms with Crippen molar-refractivity contribution in [3.8, 4) is 0 Å². The molecular weight excluding hydrogens is 480 g/mol. The van der Waals surface area contributed by atoms with E-state index < -0.39 is 0 Å². The van der Waals surface area contributed by atoms with Crippen molar-refractivity contribution in [2.75, 3.05) is 11.9 Å². The zero-order chi connectivity index (χ0) is 25.8. The first-order valence-electron chi connectivity index (χ1n) is 12.4. The Hall–Kier alpha value is -4.04. The van der Waals surface area contributed by atoms with Crippen molar-refractivity contribution in [3.05, 3.63) is 114 Å². The first kappa shape index (κ1) is 24.6. The third kappa shape index (κ3) is 5.54. The second-order valence-corrected chi connectivity index (χ2v) is 9.75. The van der Waals surface area contributed by atoms with Gasteiger partial charge < -0.3 is 20.1 Å². The average molecular weight is 511 g/mol. The number of hydrogen-bond donors (Lipinski definition) is 2. The summed E-state index contributed by atoms with van der Waals surface area (Å²) in [6, 6.07) is 19.9. The van der Waals surface area contributed by atoms with Crippen molar-refractivity contribution < 1.29 is 4.79 Å². The SMILES string of the molecule is Cc1ccc(C)c(NC(=O)CCN2C(=S)NC(c3ccccn3)C2c2cccn2Cc2cccnc2)c1. The highest BCUT2D eigenvalue weighted by atomic mass is 32.1. The highest BCUT2D eigenvalue weighted by Gasteiger charge is 2.41. The van der Waals surface area contributed by atoms with Gasteiger partial charge in [0.15, 0.2) is 5.11 Å². The van der Waals surface area contributed by atoms with Gasteiger partial charge in [-0.2, -0.15) is 0 Å². The molecule has 1 aliphatic rings. The van der Waals surface area contributed by atoms with E-state index in [9.17, 15) is 4.79 Å². The number of pyridine rings is 2. The first-order valence-corrected chi connectivity index (χ1v) is 12.8. The van der Waals surface area contributed by atoms with Gasteiger partial charge in [-0.15, -0.1) is 0 Å². The number of aryl methyl sites for hydroxylation is 2. The van der Waals surface area contributed by atoms with E-state index in [1.165, 1.54) is 0 Å². The van der Waals surface area contributed by atoms with Crippen molar-refractivity contribution in [2.24, 2.45) is 0 Å². The third-order valence-corrected chi connectivity index (χ3v) is 7.04. The Morgan fingerprint density at radius 2 is 1.97 bits per heavy atom. The third-order valence-electron chi connectivity index (χ3n) is 6.69. The number of amides is 1. The lowest BCUT2D eigenvalue weighted by Gasteiger charge is -2.29. The zero-order valence-corrected chi connectivity index (χ0v) is 21.8. The van der Waals surface area contributed by atoms with Crippen molar-refractivity contribution in [2.45, 2.75) is 38.9 Å². The van der Waals surface area contributed by atoms with E-state index in [0.717, 1.165) is 33.8 Å². The van der Waals surface area contributed by atoms with Crippen LogP contribution in [-0.2, 0) is 11.3 Å². The molecule has 2 atom stereocenters. The molecule has 3 aromatic heterocycles. The topological polar surface area (TPSA) is 75.1 Å². The highest BCUT2D eigenvalue weighted by molar-refractivity contribution is 7.80. The van der Waals surface area contributed by atoms with Crippen LogP contribution in [0.1, 0.15) is 46.6 Å². The molecule has 1 saturated heterocycles. The maximum absolute atomic E-state index is 13.0. The molecule has 4 aromatic rings. The molecular formula is C29H30N6OS. The summed E-state index contributed by atoms with van der Waals surface area (Å²) in [5.74, 6) is -0.0396. The fourth-order valence-corrected chi connectivity index (χ4v) is 5.13. The molecule has 5 rings (SSSR count). The summed E-state index contributed by atoms with van der Waals surface area (Å²) in [4.78, 5) is 24.0. The van der Waals surface area contributed by atoms with E-state index in [2.05, 4.69) is 48.4 Å². The van der Waals surface area contributed by atoms with Gasteiger partial charge in [0, 0.05) is 55.7 Å². The van der Waals surface area contributed by atoms with Crippen LogP contribution in [0, 0.1) is 13.8 Å². The summed E-state index contributed by atoms with van der Waals surface area (Å²) < 4.78 is 2.22. The molecule has 1 fully saturated rings. The minimum Gasteiger partial charge on any atom is -0.352 e. The molecule has 0 radical (unpaired) electrons. The lowest BCUT2D eigenvalue weighted by atomic mass is 10.0. The number of carbonyl (C=O) groups is 1. The van der Waals surface area contributed by atoms with Crippen molar-refractivity contribution in [1.29, 1.82) is 0 Å². The highest BCUT2D eigenvalue weighted by Crippen LogP contribution is 2.39. The Morgan fingerprint density at radius 1 is 1.08 bits per heavy atom. The molecule has 7 nitrogen and oxygen atoms in total. The van der Waals surface area contributed by atoms with E-state index in [0.29, 0.717) is 24.6 Å². The number of benzene rings is 1. The summed E-state index contributed by atoms with van der Waals surface area (Å²) in [6.45, 7) is 5.19. The molecule has 2 N–H and O–H groups in total. The van der Waals surface area contributed by atoms with Gasteiger partial charge in [-0.25, -0.2) is 0 Å². The van der Waals surface area contributed by atoms with Gasteiger partial charge in [-0.1, -0.05) is 24.3 Å². The van der Waals surface area contributed by atoms with Gasteiger partial charge in [0.25, 0.3) is 0 Å². The van der Waals surface area contributed by atoms with E-state index >= 15 is 0 Å². The zero-order valence-electron chi connectivity index (χ0n) is 21.0. The van der Waals surface area contributed by atoms with Crippen LogP contribution in [-0.4, -0.2) is 37.0 Å². The minimum atomic E-state index is -0.140. The molecule has 1 amide bonds. The maximum Gasteiger partial charge on any atom is 0.226 e. The monoisotopic (exact) mass is 510 g/mol. The van der Waals surface area contributed by atoms with E-state index in [-0.39, 0.29) is 18.0 Å². The number of aromatic nitrogens is 3. The molecule has 0 bridgehead atoms. The second kappa shape index (κ2) is 10.9. The van der Waals surface area contributed by atoms with Crippen LogP contribution in [0.2, 0.25) is 0 Å². The van der Waals surface area contributed by atoms with Gasteiger partial charge in [0.2, 0.25) is 5.91 Å². The Balaban J connectivity index is 1.40. The number of carbonyl (C=O) groups excluding carboxylic acids is 1. The number of rotatable bonds is 8. The predicted molar refractivity (Wildman–Crippen MR) is 149 cm³/mol. The molecule has 0 aliphatic carbocycles. The lowest BCUT2D eigenvalue weighted by Crippen LogP contribution is -2.33. The molecule has 4 heterocycles. The molecule has 8 heteroatoms. The molecule has 0 saturated carbocycles. The van der Waals surface area contributed by atoms with Gasteiger partial charge in [0.05, 0.1) is 17.8 Å². The average Bonchev–Trinajstić information content (AvgIpc) is 3.49. The van der Waals surface area contributed by atoms with Crippen LogP contribution in [0.25, 0.3) is 0 Å². The Morgan fingerprint density at radius 3 is 2.76 bits per heavy atom. The van der Waals surface area contributed by atoms with Crippen LogP contribution in [0.4, 0.5) is 5.69 Å². The lowest BCUT2D eigenvalue weighted by molar-refractivity contribution is -0.116. The molecule has 1 aliphatic heterocycles. The maximum atomic E-state index is 13.0. The normalized spacial score (nSPS) is 17.0. The number of anilines is 1. The standard InChI is InChI=1S/C29H30N6OS/c1-20-10-11-21(2)24(17-20)32-26(36)12-16-35-28(27(33-29(35)37)23-8-3-4-14-31-23)25-9-6-15-34(25)19-22-7-5-13-30-18-22/h3-11,13-15,17-18,27-28H,12,16,19H2,1-2H3,(H,32,36)(H,33,37). The quantitative estimate of drug-likeness (QED) is 0.327. The van der Waals surface area contributed by atoms with Crippen LogP contribution < -0.4 is 10.6 Å². The predicted octanol–water partition coefficient (Wildman–Crippen LogP) is 4.94. The van der Waals surface area contributed by atoms with Crippen molar-refractivity contribution >= 4 is 28.9 Å². The molecule has 1 aromatic carbocycles. The van der Waals surface area contributed by atoms with Gasteiger partial charge in [-0.3, -0.25) is 14.8 Å². The molecule has 188 valence electrons. The van der Waals surface area contributed by atoms with Crippen LogP contribution >= 0.6 is 12.2 Å². The second-order valence-electron chi connectivity index (χ2n) is 9.36. The van der Waals surface area contributed by atoms with Crippen molar-refractivity contribution in [1.82, 2.24) is 24.8 Å². The Bertz CT molecular complexity index is 1390. The van der Waals surface area contributed by atoms with E-state index in [4.69, 9.17) is 12.2 Å². The summed E-state index contributed by atoms with van der Waals surface area (Å²) >= 11 is 5.80. The summed E-state index contributed by atoms with van der Waals surface area (Å²) in [6.07, 6.45) is 7.84. The molecule has 37 heavy (non-hydrogen) atoms. The van der Waals surface area contributed by atoms with E-state index in [1.807, 2.05) is 68.6 Å². The first-order chi connectivity index (χ1) is 18.0. The summed E-state index contributed by atoms with van der Waals surface area (Å²) in [5, 5.41) is 7.17. The minimum absolute atomic E-state index is 0.0396. The Kier molecular flexibility index (Phi) is 7.28. The largest absolute Gasteiger partial charge is 0.352 e. The van der Waals surface area contributed by atoms with Crippen LogP contribution in [0.3, 0.4) is 0 Å². The van der Waals surface area contributed by atoms with Crippen LogP contribution in [0.15, 0.2) is 85.5 Å². The molecule has 0 spiro atoms. The number of nitrogens with one attached hydrogen (secondary N) is 2. The van der Waals surface area contributed by atoms with Crippen LogP contribution in [0.5, 0.6) is 0 Å². The number of thiocarbonyl (C=S) groups is 1. The van der Waals surface area contributed by atoms with Crippen molar-refractivity contribution in [3.63, 3.8) is 0 Å². The summed E-state index contributed by atoms with van der Waals surface area (Å²) in [5.41, 5.74) is 6.12. The van der Waals surface area contributed by atoms with E-state index in [1.54, 1.807) is 12.4 Å². The number of nitrogens with zero attached hydrogens (tertiary/aromatic N) is 4. The van der Waals surface area contributed by atoms with Gasteiger partial charge in [-0.05, 0) is 79.2 Å². The summed E-state index contributed by atoms with van der Waals surface area (Å²) in [7, 11) is 0. The fourth-order valence-electron chi connectivity index (χ4n) is 4.80. The fraction of sp³-hybridized carbons (Fsp3) is 0.241. The molecule has 2 unspecified atom stereocenters.